The first-order valence-electron chi connectivity index (χ1n) is 5.78. The van der Waals surface area contributed by atoms with Crippen molar-refractivity contribution in [2.75, 3.05) is 0 Å². The molecule has 0 aromatic heterocycles. The molecule has 0 aromatic rings. The molecule has 1 nitrogen and oxygen atoms in total. The van der Waals surface area contributed by atoms with Crippen molar-refractivity contribution in [3.63, 3.8) is 0 Å². The number of allylic oxidation sites excluding steroid dienone is 1. The molecular weight excluding hydrogens is 172 g/mol. The molecule has 2 aliphatic carbocycles. The molecule has 2 saturated carbocycles. The lowest BCUT2D eigenvalue weighted by molar-refractivity contribution is 0.0304. The van der Waals surface area contributed by atoms with Gasteiger partial charge in [0.05, 0.1) is 6.10 Å². The molecule has 0 bridgehead atoms. The minimum absolute atomic E-state index is 0.141. The highest BCUT2D eigenvalue weighted by molar-refractivity contribution is 5.16. The van der Waals surface area contributed by atoms with E-state index in [1.54, 1.807) is 0 Å². The monoisotopic (exact) mass is 194 g/mol. The van der Waals surface area contributed by atoms with Crippen LogP contribution in [0.25, 0.3) is 0 Å². The molecule has 2 fully saturated rings. The molecule has 80 valence electrons. The predicted octanol–water partition coefficient (Wildman–Crippen LogP) is 3.00. The Balaban J connectivity index is 2.44. The molecule has 5 unspecified atom stereocenters. The van der Waals surface area contributed by atoms with Gasteiger partial charge in [0.25, 0.3) is 0 Å². The Morgan fingerprint density at radius 1 is 1.43 bits per heavy atom. The molecule has 0 aromatic carbocycles. The van der Waals surface area contributed by atoms with Crippen LogP contribution in [0.1, 0.15) is 40.0 Å². The quantitative estimate of drug-likeness (QED) is 0.636. The highest BCUT2D eigenvalue weighted by Gasteiger charge is 2.61. The first kappa shape index (κ1) is 10.2. The fraction of sp³-hybridized carbons (Fsp3) is 0.846. The van der Waals surface area contributed by atoms with Crippen LogP contribution >= 0.6 is 0 Å². The number of hydrogen-bond donors (Lipinski definition) is 1. The molecular formula is C13H22O. The summed E-state index contributed by atoms with van der Waals surface area (Å²) in [4.78, 5) is 0. The van der Waals surface area contributed by atoms with Gasteiger partial charge in [-0.1, -0.05) is 33.3 Å². The third-order valence-corrected chi connectivity index (χ3v) is 5.33. The number of rotatable bonds is 1. The number of fused-ring (bicyclic) bond motifs is 1. The van der Waals surface area contributed by atoms with Gasteiger partial charge in [-0.2, -0.15) is 0 Å². The lowest BCUT2D eigenvalue weighted by atomic mass is 9.71. The molecule has 0 heterocycles. The molecule has 2 aliphatic rings. The van der Waals surface area contributed by atoms with Gasteiger partial charge in [0, 0.05) is 0 Å². The topological polar surface area (TPSA) is 20.2 Å². The fourth-order valence-electron chi connectivity index (χ4n) is 4.12. The van der Waals surface area contributed by atoms with E-state index in [2.05, 4.69) is 33.4 Å². The lowest BCUT2D eigenvalue weighted by Gasteiger charge is -2.33. The van der Waals surface area contributed by atoms with Crippen molar-refractivity contribution in [2.24, 2.45) is 22.7 Å². The van der Waals surface area contributed by atoms with Crippen LogP contribution in [-0.2, 0) is 0 Å². The van der Waals surface area contributed by atoms with Crippen LogP contribution in [0.5, 0.6) is 0 Å². The minimum atomic E-state index is -0.141. The van der Waals surface area contributed by atoms with Gasteiger partial charge >= 0.3 is 0 Å². The molecule has 1 N–H and O–H groups in total. The molecule has 0 spiro atoms. The highest BCUT2D eigenvalue weighted by atomic mass is 16.3. The summed E-state index contributed by atoms with van der Waals surface area (Å²) in [6, 6.07) is 0. The van der Waals surface area contributed by atoms with Gasteiger partial charge < -0.3 is 5.11 Å². The zero-order valence-electron chi connectivity index (χ0n) is 9.59. The second kappa shape index (κ2) is 2.85. The van der Waals surface area contributed by atoms with E-state index in [4.69, 9.17) is 0 Å². The highest BCUT2D eigenvalue weighted by Crippen LogP contribution is 2.64. The summed E-state index contributed by atoms with van der Waals surface area (Å²) in [5.41, 5.74) is 0.299. The summed E-state index contributed by atoms with van der Waals surface area (Å²) in [6.07, 6.45) is 5.67. The summed E-state index contributed by atoms with van der Waals surface area (Å²) in [7, 11) is 0. The van der Waals surface area contributed by atoms with Crippen molar-refractivity contribution >= 4 is 0 Å². The van der Waals surface area contributed by atoms with Crippen LogP contribution in [0.2, 0.25) is 0 Å². The summed E-state index contributed by atoms with van der Waals surface area (Å²) in [6.45, 7) is 10.7. The lowest BCUT2D eigenvalue weighted by Crippen LogP contribution is -2.30. The maximum Gasteiger partial charge on any atom is 0.0630 e. The summed E-state index contributed by atoms with van der Waals surface area (Å²) >= 11 is 0. The number of hydrogen-bond acceptors (Lipinski definition) is 1. The molecule has 0 radical (unpaired) electrons. The molecule has 14 heavy (non-hydrogen) atoms. The Hall–Kier alpha value is -0.300. The molecule has 0 aliphatic heterocycles. The SMILES string of the molecule is C=CC1(C)C(C)C(O)C2(C)CCCC12. The third-order valence-electron chi connectivity index (χ3n) is 5.33. The van der Waals surface area contributed by atoms with E-state index in [-0.39, 0.29) is 16.9 Å². The van der Waals surface area contributed by atoms with Crippen molar-refractivity contribution in [3.05, 3.63) is 12.7 Å². The van der Waals surface area contributed by atoms with Gasteiger partial charge in [0.1, 0.15) is 0 Å². The fourth-order valence-corrected chi connectivity index (χ4v) is 4.12. The Morgan fingerprint density at radius 2 is 2.07 bits per heavy atom. The Kier molecular flexibility index (Phi) is 2.08. The molecule has 5 atom stereocenters. The van der Waals surface area contributed by atoms with E-state index in [9.17, 15) is 5.11 Å². The zero-order chi connectivity index (χ0) is 10.6. The summed E-state index contributed by atoms with van der Waals surface area (Å²) in [5, 5.41) is 10.3. The maximum absolute atomic E-state index is 10.3. The van der Waals surface area contributed by atoms with Crippen LogP contribution in [-0.4, -0.2) is 11.2 Å². The maximum atomic E-state index is 10.3. The smallest absolute Gasteiger partial charge is 0.0630 e. The van der Waals surface area contributed by atoms with Gasteiger partial charge in [-0.15, -0.1) is 6.58 Å². The third kappa shape index (κ3) is 0.942. The van der Waals surface area contributed by atoms with Crippen LogP contribution < -0.4 is 0 Å². The van der Waals surface area contributed by atoms with Crippen molar-refractivity contribution in [2.45, 2.75) is 46.1 Å². The van der Waals surface area contributed by atoms with Crippen LogP contribution in [0.15, 0.2) is 12.7 Å². The molecule has 0 amide bonds. The van der Waals surface area contributed by atoms with E-state index < -0.39 is 0 Å². The van der Waals surface area contributed by atoms with Crippen molar-refractivity contribution in [1.82, 2.24) is 0 Å². The van der Waals surface area contributed by atoms with Crippen LogP contribution in [0.3, 0.4) is 0 Å². The van der Waals surface area contributed by atoms with E-state index in [1.807, 2.05) is 0 Å². The van der Waals surface area contributed by atoms with Crippen LogP contribution in [0.4, 0.5) is 0 Å². The average Bonchev–Trinajstić information content (AvgIpc) is 2.63. The molecule has 1 heteroatoms. The largest absolute Gasteiger partial charge is 0.392 e. The van der Waals surface area contributed by atoms with Gasteiger partial charge in [-0.3, -0.25) is 0 Å². The second-order valence-corrected chi connectivity index (χ2v) is 5.75. The van der Waals surface area contributed by atoms with E-state index in [0.29, 0.717) is 11.8 Å². The molecule has 0 saturated heterocycles. The van der Waals surface area contributed by atoms with Crippen molar-refractivity contribution in [1.29, 1.82) is 0 Å². The second-order valence-electron chi connectivity index (χ2n) is 5.75. The summed E-state index contributed by atoms with van der Waals surface area (Å²) < 4.78 is 0. The first-order chi connectivity index (χ1) is 6.47. The Bertz CT molecular complexity index is 260. The van der Waals surface area contributed by atoms with Crippen molar-refractivity contribution < 1.29 is 5.11 Å². The normalized spacial score (nSPS) is 57.3. The Morgan fingerprint density at radius 3 is 2.64 bits per heavy atom. The van der Waals surface area contributed by atoms with E-state index in [0.717, 1.165) is 0 Å². The van der Waals surface area contributed by atoms with Gasteiger partial charge in [0.15, 0.2) is 0 Å². The van der Waals surface area contributed by atoms with Gasteiger partial charge in [-0.05, 0) is 35.5 Å². The average molecular weight is 194 g/mol. The van der Waals surface area contributed by atoms with E-state index >= 15 is 0 Å². The van der Waals surface area contributed by atoms with Gasteiger partial charge in [-0.25, -0.2) is 0 Å². The predicted molar refractivity (Wildman–Crippen MR) is 58.9 cm³/mol. The summed E-state index contributed by atoms with van der Waals surface area (Å²) in [5.74, 6) is 0.993. The number of aliphatic hydroxyl groups excluding tert-OH is 1. The molecule has 2 rings (SSSR count). The standard InChI is InChI=1S/C13H22O/c1-5-12(3)9(2)11(14)13(4)8-6-7-10(12)13/h5,9-11,14H,1,6-8H2,2-4H3. The van der Waals surface area contributed by atoms with Crippen molar-refractivity contribution in [3.8, 4) is 0 Å². The number of aliphatic hydroxyl groups is 1. The Labute approximate surface area is 87.2 Å². The van der Waals surface area contributed by atoms with Crippen LogP contribution in [0, 0.1) is 22.7 Å². The zero-order valence-corrected chi connectivity index (χ0v) is 9.59. The van der Waals surface area contributed by atoms with Gasteiger partial charge in [0.2, 0.25) is 0 Å². The van der Waals surface area contributed by atoms with E-state index in [1.165, 1.54) is 19.3 Å². The minimum Gasteiger partial charge on any atom is -0.392 e. The first-order valence-corrected chi connectivity index (χ1v) is 5.78.